The molecule has 7 aromatic rings. The Kier molecular flexibility index (Phi) is 16.1. The van der Waals surface area contributed by atoms with E-state index in [1.807, 2.05) is 0 Å². The summed E-state index contributed by atoms with van der Waals surface area (Å²) in [6.45, 7) is 16.3. The molecule has 1 unspecified atom stereocenters. The summed E-state index contributed by atoms with van der Waals surface area (Å²) in [4.78, 5) is 0. The molecule has 0 aliphatic heterocycles. The monoisotopic (exact) mass is 928 g/mol. The van der Waals surface area contributed by atoms with Crippen molar-refractivity contribution < 1.29 is 51.0 Å². The molecule has 0 aromatic heterocycles. The standard InChI is InChI=1S/C45H45.C12H11Si.2ClH.Zr/c1-8-13-32-27-39-35(31-20-18-30(19-21-31)29-14-10-9-11-15-29)16-12-17-38(39)42(32)43-40-28-33-26-34(44(2,3)4)22-23-36(33)37(40)24-25-41(43)45(5,6)7;1-3-7-11(8-4-1)13-12-9-5-2-6-10-12;;;/h9-12,14-24,26-27,42H,8,13,28H2,1-7H3;1-10,13H;2*1H;/q-1;;;;+3/p-2. The van der Waals surface area contributed by atoms with Crippen molar-refractivity contribution >= 4 is 26.0 Å². The van der Waals surface area contributed by atoms with Crippen LogP contribution in [0, 0.1) is 6.07 Å². The van der Waals surface area contributed by atoms with Crippen LogP contribution in [0.4, 0.5) is 0 Å². The third kappa shape index (κ3) is 10.4. The van der Waals surface area contributed by atoms with Crippen LogP contribution in [0.25, 0.3) is 39.5 Å². The van der Waals surface area contributed by atoms with Crippen LogP contribution < -0.4 is 35.2 Å². The Morgan fingerprint density at radius 2 is 1.16 bits per heavy atom. The van der Waals surface area contributed by atoms with E-state index in [4.69, 9.17) is 0 Å². The minimum absolute atomic E-state index is 0. The third-order valence-corrected chi connectivity index (χ3v) is 13.3. The van der Waals surface area contributed by atoms with Crippen molar-refractivity contribution in [3.63, 3.8) is 0 Å². The van der Waals surface area contributed by atoms with Crippen molar-refractivity contribution in [2.45, 2.75) is 84.5 Å². The zero-order valence-corrected chi connectivity index (χ0v) is 41.7. The van der Waals surface area contributed by atoms with Crippen molar-refractivity contribution in [1.82, 2.24) is 0 Å². The van der Waals surface area contributed by atoms with E-state index < -0.39 is 0 Å². The van der Waals surface area contributed by atoms with Gasteiger partial charge in [-0.2, -0.15) is 17.7 Å². The molecular formula is C57H56Cl2SiZr. The first-order valence-corrected chi connectivity index (χ1v) is 22.3. The second-order valence-corrected chi connectivity index (χ2v) is 19.8. The van der Waals surface area contributed by atoms with E-state index >= 15 is 0 Å². The Labute approximate surface area is 400 Å². The smallest absolute Gasteiger partial charge is 1.00 e. The number of allylic oxidation sites excluding steroid dienone is 1. The molecule has 0 bridgehead atoms. The average molecular weight is 931 g/mol. The third-order valence-electron chi connectivity index (χ3n) is 11.9. The van der Waals surface area contributed by atoms with Gasteiger partial charge in [0.1, 0.15) is 9.52 Å². The zero-order chi connectivity index (χ0) is 40.4. The molecule has 0 N–H and O–H groups in total. The first-order chi connectivity index (χ1) is 28.0. The fourth-order valence-electron chi connectivity index (χ4n) is 8.96. The molecule has 0 saturated heterocycles. The van der Waals surface area contributed by atoms with Crippen LogP contribution in [-0.2, 0) is 43.5 Å². The maximum absolute atomic E-state index is 3.87. The van der Waals surface area contributed by atoms with Gasteiger partial charge in [0, 0.05) is 0 Å². The van der Waals surface area contributed by atoms with E-state index in [9.17, 15) is 0 Å². The number of rotatable bonds is 7. The molecule has 306 valence electrons. The number of hydrogen-bond donors (Lipinski definition) is 0. The first-order valence-electron chi connectivity index (χ1n) is 21.2. The van der Waals surface area contributed by atoms with Gasteiger partial charge in [0.2, 0.25) is 0 Å². The van der Waals surface area contributed by atoms with Crippen LogP contribution >= 0.6 is 0 Å². The Hall–Kier alpha value is -4.04. The van der Waals surface area contributed by atoms with Gasteiger partial charge in [0.05, 0.1) is 0 Å². The Morgan fingerprint density at radius 1 is 0.590 bits per heavy atom. The van der Waals surface area contributed by atoms with Gasteiger partial charge in [-0.25, -0.2) is 0 Å². The van der Waals surface area contributed by atoms with Crippen LogP contribution in [0.3, 0.4) is 0 Å². The predicted octanol–water partition coefficient (Wildman–Crippen LogP) is 7.40. The molecule has 7 aromatic carbocycles. The Morgan fingerprint density at radius 3 is 1.74 bits per heavy atom. The molecule has 0 spiro atoms. The molecule has 2 radical (unpaired) electrons. The van der Waals surface area contributed by atoms with Gasteiger partial charge in [-0.1, -0.05) is 234 Å². The second kappa shape index (κ2) is 20.4. The van der Waals surface area contributed by atoms with E-state index in [0.29, 0.717) is 0 Å². The van der Waals surface area contributed by atoms with Gasteiger partial charge in [-0.15, -0.1) is 16.7 Å². The first kappa shape index (κ1) is 48.0. The van der Waals surface area contributed by atoms with Crippen LogP contribution in [0.5, 0.6) is 0 Å². The van der Waals surface area contributed by atoms with Gasteiger partial charge < -0.3 is 24.8 Å². The maximum Gasteiger partial charge on any atom is 3.00 e. The van der Waals surface area contributed by atoms with Crippen LogP contribution in [0.2, 0.25) is 0 Å². The number of fused-ring (bicyclic) bond motifs is 4. The molecule has 0 saturated carbocycles. The minimum Gasteiger partial charge on any atom is -1.00 e. The molecule has 9 rings (SSSR count). The molecule has 0 fully saturated rings. The molecular weight excluding hydrogens is 875 g/mol. The van der Waals surface area contributed by atoms with E-state index in [1.54, 1.807) is 5.57 Å². The van der Waals surface area contributed by atoms with Crippen LogP contribution in [-0.4, -0.2) is 9.52 Å². The fourth-order valence-corrected chi connectivity index (χ4v) is 10.2. The van der Waals surface area contributed by atoms with E-state index in [2.05, 4.69) is 218 Å². The SMILES string of the molecule is CCCC1=Cc2c(-c3ccc(-c4ccccc4)cc3)cccc2C1c1c(C(C)(C)C)[c-]cc2c1Cc1cc(C(C)(C)C)ccc1-2.[Cl-].[Cl-].[Zr+3].c1ccc([SiH]c2ccccc2)cc1. The number of halogens is 2. The van der Waals surface area contributed by atoms with Gasteiger partial charge in [-0.05, 0) is 74.1 Å². The summed E-state index contributed by atoms with van der Waals surface area (Å²) in [7, 11) is 0.271. The minimum atomic E-state index is -0.0132. The second-order valence-electron chi connectivity index (χ2n) is 18.1. The summed E-state index contributed by atoms with van der Waals surface area (Å²) in [5.41, 5.74) is 19.6. The van der Waals surface area contributed by atoms with Crippen LogP contribution in [0.1, 0.15) is 106 Å². The van der Waals surface area contributed by atoms with Gasteiger partial charge in [0.15, 0.2) is 0 Å². The number of hydrogen-bond acceptors (Lipinski definition) is 0. The number of benzene rings is 7. The van der Waals surface area contributed by atoms with Crippen LogP contribution in [0.15, 0.2) is 163 Å². The summed E-state index contributed by atoms with van der Waals surface area (Å²) < 4.78 is 0. The summed E-state index contributed by atoms with van der Waals surface area (Å²) in [6, 6.07) is 61.5. The van der Waals surface area contributed by atoms with E-state index in [-0.39, 0.29) is 77.3 Å². The molecule has 0 heterocycles. The van der Waals surface area contributed by atoms with Gasteiger partial charge >= 0.3 is 26.2 Å². The summed E-state index contributed by atoms with van der Waals surface area (Å²) in [6.07, 6.45) is 5.76. The van der Waals surface area contributed by atoms with Crippen molar-refractivity contribution in [3.8, 4) is 33.4 Å². The topological polar surface area (TPSA) is 0 Å². The summed E-state index contributed by atoms with van der Waals surface area (Å²) in [5, 5.41) is 2.90. The molecule has 61 heavy (non-hydrogen) atoms. The largest absolute Gasteiger partial charge is 3.00 e. The average Bonchev–Trinajstić information content (AvgIpc) is 3.79. The van der Waals surface area contributed by atoms with Crippen molar-refractivity contribution in [3.05, 3.63) is 208 Å². The zero-order valence-electron chi connectivity index (χ0n) is 36.6. The quantitative estimate of drug-likeness (QED) is 0.116. The van der Waals surface area contributed by atoms with E-state index in [1.165, 1.54) is 82.7 Å². The van der Waals surface area contributed by atoms with Gasteiger partial charge in [0.25, 0.3) is 0 Å². The maximum atomic E-state index is 3.87. The molecule has 4 heteroatoms. The molecule has 1 atom stereocenters. The summed E-state index contributed by atoms with van der Waals surface area (Å²) in [5.74, 6) is 0.250. The van der Waals surface area contributed by atoms with Crippen molar-refractivity contribution in [1.29, 1.82) is 0 Å². The summed E-state index contributed by atoms with van der Waals surface area (Å²) >= 11 is 0. The normalized spacial score (nSPS) is 13.5. The predicted molar refractivity (Wildman–Crippen MR) is 252 cm³/mol. The molecule has 2 aliphatic carbocycles. The van der Waals surface area contributed by atoms with Crippen molar-refractivity contribution in [2.24, 2.45) is 0 Å². The molecule has 2 aliphatic rings. The van der Waals surface area contributed by atoms with E-state index in [0.717, 1.165) is 19.3 Å². The molecule has 0 amide bonds. The fraction of sp³-hybridized carbons (Fsp3) is 0.228. The van der Waals surface area contributed by atoms with Gasteiger partial charge in [-0.3, -0.25) is 0 Å². The van der Waals surface area contributed by atoms with Crippen molar-refractivity contribution in [2.75, 3.05) is 0 Å². The Balaban J connectivity index is 0.000000377. The Bertz CT molecular complexity index is 2530. The molecule has 0 nitrogen and oxygen atoms in total.